The van der Waals surface area contributed by atoms with Crippen molar-refractivity contribution in [2.24, 2.45) is 5.73 Å². The van der Waals surface area contributed by atoms with Crippen molar-refractivity contribution >= 4 is 5.91 Å². The summed E-state index contributed by atoms with van der Waals surface area (Å²) in [7, 11) is 0. The molecule has 0 fully saturated rings. The summed E-state index contributed by atoms with van der Waals surface area (Å²) in [6.07, 6.45) is 3.26. The van der Waals surface area contributed by atoms with Gasteiger partial charge in [-0.3, -0.25) is 9.69 Å². The second kappa shape index (κ2) is 9.93. The van der Waals surface area contributed by atoms with E-state index in [1.807, 2.05) is 0 Å². The van der Waals surface area contributed by atoms with Crippen LogP contribution in [-0.4, -0.2) is 43.5 Å². The molecule has 4 heteroatoms. The minimum atomic E-state index is 0.112. The molecule has 15 heavy (non-hydrogen) atoms. The van der Waals surface area contributed by atoms with Crippen molar-refractivity contribution in [1.82, 2.24) is 10.2 Å². The van der Waals surface area contributed by atoms with Crippen LogP contribution in [0.15, 0.2) is 0 Å². The zero-order valence-corrected chi connectivity index (χ0v) is 10.1. The van der Waals surface area contributed by atoms with E-state index in [-0.39, 0.29) is 5.91 Å². The van der Waals surface area contributed by atoms with Gasteiger partial charge in [0.1, 0.15) is 0 Å². The monoisotopic (exact) mass is 215 g/mol. The van der Waals surface area contributed by atoms with Crippen molar-refractivity contribution in [3.63, 3.8) is 0 Å². The van der Waals surface area contributed by atoms with Gasteiger partial charge >= 0.3 is 0 Å². The number of unbranched alkanes of at least 4 members (excludes halogenated alkanes) is 1. The normalized spacial score (nSPS) is 10.7. The van der Waals surface area contributed by atoms with Crippen molar-refractivity contribution in [2.75, 3.05) is 32.7 Å². The highest BCUT2D eigenvalue weighted by molar-refractivity contribution is 5.77. The molecule has 0 heterocycles. The topological polar surface area (TPSA) is 58.4 Å². The quantitative estimate of drug-likeness (QED) is 0.591. The van der Waals surface area contributed by atoms with E-state index in [1.165, 1.54) is 0 Å². The van der Waals surface area contributed by atoms with E-state index in [0.29, 0.717) is 13.1 Å². The fourth-order valence-electron chi connectivity index (χ4n) is 1.36. The zero-order chi connectivity index (χ0) is 11.5. The van der Waals surface area contributed by atoms with Gasteiger partial charge in [-0.1, -0.05) is 20.3 Å². The van der Waals surface area contributed by atoms with Crippen LogP contribution in [0.5, 0.6) is 0 Å². The Labute approximate surface area is 93.2 Å². The van der Waals surface area contributed by atoms with Gasteiger partial charge in [0.25, 0.3) is 0 Å². The van der Waals surface area contributed by atoms with Crippen LogP contribution in [0.3, 0.4) is 0 Å². The predicted octanol–water partition coefficient (Wildman–Crippen LogP) is 0.573. The van der Waals surface area contributed by atoms with Gasteiger partial charge < -0.3 is 11.1 Å². The third-order valence-corrected chi connectivity index (χ3v) is 2.21. The summed E-state index contributed by atoms with van der Waals surface area (Å²) in [5.74, 6) is 0.112. The van der Waals surface area contributed by atoms with Gasteiger partial charge in [-0.05, 0) is 19.4 Å². The molecule has 0 aliphatic heterocycles. The van der Waals surface area contributed by atoms with Crippen molar-refractivity contribution in [3.05, 3.63) is 0 Å². The highest BCUT2D eigenvalue weighted by Gasteiger charge is 2.08. The lowest BCUT2D eigenvalue weighted by Gasteiger charge is -2.20. The van der Waals surface area contributed by atoms with E-state index in [2.05, 4.69) is 24.1 Å². The van der Waals surface area contributed by atoms with Crippen LogP contribution in [0.1, 0.15) is 33.1 Å². The molecule has 0 unspecified atom stereocenters. The largest absolute Gasteiger partial charge is 0.355 e. The molecule has 0 atom stereocenters. The van der Waals surface area contributed by atoms with Crippen molar-refractivity contribution in [3.8, 4) is 0 Å². The maximum atomic E-state index is 11.5. The second-order valence-corrected chi connectivity index (χ2v) is 3.77. The molecule has 0 bridgehead atoms. The Morgan fingerprint density at radius 1 is 1.27 bits per heavy atom. The van der Waals surface area contributed by atoms with Crippen LogP contribution in [0, 0.1) is 0 Å². The van der Waals surface area contributed by atoms with Gasteiger partial charge in [0.2, 0.25) is 5.91 Å². The van der Waals surface area contributed by atoms with Gasteiger partial charge in [0, 0.05) is 19.6 Å². The lowest BCUT2D eigenvalue weighted by molar-refractivity contribution is -0.122. The number of hydrogen-bond acceptors (Lipinski definition) is 3. The number of carbonyl (C=O) groups excluding carboxylic acids is 1. The molecule has 3 N–H and O–H groups in total. The second-order valence-electron chi connectivity index (χ2n) is 3.77. The highest BCUT2D eigenvalue weighted by atomic mass is 16.2. The van der Waals surface area contributed by atoms with Gasteiger partial charge in [0.15, 0.2) is 0 Å². The van der Waals surface area contributed by atoms with Crippen LogP contribution in [0.2, 0.25) is 0 Å². The molecular formula is C11H25N3O. The standard InChI is InChI=1S/C11H25N3O/c1-3-5-8-14(9-6-12)10-11(15)13-7-4-2/h3-10,12H2,1-2H3,(H,13,15). The Balaban J connectivity index is 3.76. The van der Waals surface area contributed by atoms with Crippen LogP contribution < -0.4 is 11.1 Å². The minimum Gasteiger partial charge on any atom is -0.355 e. The van der Waals surface area contributed by atoms with Gasteiger partial charge in [0.05, 0.1) is 6.54 Å². The van der Waals surface area contributed by atoms with Crippen LogP contribution in [0.4, 0.5) is 0 Å². The molecule has 0 aliphatic carbocycles. The molecule has 0 aromatic heterocycles. The van der Waals surface area contributed by atoms with Crippen LogP contribution in [-0.2, 0) is 4.79 Å². The summed E-state index contributed by atoms with van der Waals surface area (Å²) in [5, 5.41) is 2.88. The lowest BCUT2D eigenvalue weighted by Crippen LogP contribution is -2.40. The first-order chi connectivity index (χ1) is 7.24. The number of amides is 1. The molecule has 0 saturated carbocycles. The zero-order valence-electron chi connectivity index (χ0n) is 10.1. The Hall–Kier alpha value is -0.610. The molecule has 0 radical (unpaired) electrons. The maximum Gasteiger partial charge on any atom is 0.234 e. The van der Waals surface area contributed by atoms with E-state index >= 15 is 0 Å². The summed E-state index contributed by atoms with van der Waals surface area (Å²) in [6, 6.07) is 0. The Kier molecular flexibility index (Phi) is 9.52. The van der Waals surface area contributed by atoms with Gasteiger partial charge in [-0.2, -0.15) is 0 Å². The van der Waals surface area contributed by atoms with E-state index in [1.54, 1.807) is 0 Å². The third-order valence-electron chi connectivity index (χ3n) is 2.21. The molecule has 0 aliphatic rings. The molecule has 0 spiro atoms. The third kappa shape index (κ3) is 8.39. The average molecular weight is 215 g/mol. The number of rotatable bonds is 9. The summed E-state index contributed by atoms with van der Waals surface area (Å²) >= 11 is 0. The van der Waals surface area contributed by atoms with Crippen molar-refractivity contribution in [1.29, 1.82) is 0 Å². The van der Waals surface area contributed by atoms with Crippen LogP contribution in [0.25, 0.3) is 0 Å². The summed E-state index contributed by atoms with van der Waals surface area (Å²) in [4.78, 5) is 13.6. The minimum absolute atomic E-state index is 0.112. The molecule has 0 aromatic rings. The smallest absolute Gasteiger partial charge is 0.234 e. The first-order valence-electron chi connectivity index (χ1n) is 5.93. The van der Waals surface area contributed by atoms with Crippen molar-refractivity contribution < 1.29 is 4.79 Å². The first kappa shape index (κ1) is 14.4. The molecule has 90 valence electrons. The molecule has 0 saturated heterocycles. The van der Waals surface area contributed by atoms with Crippen LogP contribution >= 0.6 is 0 Å². The Morgan fingerprint density at radius 3 is 2.53 bits per heavy atom. The lowest BCUT2D eigenvalue weighted by atomic mass is 10.3. The molecule has 1 amide bonds. The summed E-state index contributed by atoms with van der Waals surface area (Å²) in [5.41, 5.74) is 5.50. The fraction of sp³-hybridized carbons (Fsp3) is 0.909. The number of nitrogens with two attached hydrogens (primary N) is 1. The number of nitrogens with zero attached hydrogens (tertiary/aromatic N) is 1. The SMILES string of the molecule is CCCCN(CCN)CC(=O)NCCC. The first-order valence-corrected chi connectivity index (χ1v) is 5.93. The predicted molar refractivity (Wildman–Crippen MR) is 63.7 cm³/mol. The van der Waals surface area contributed by atoms with E-state index < -0.39 is 0 Å². The highest BCUT2D eigenvalue weighted by Crippen LogP contribution is 1.94. The van der Waals surface area contributed by atoms with Crippen molar-refractivity contribution in [2.45, 2.75) is 33.1 Å². The number of nitrogens with one attached hydrogen (secondary N) is 1. The van der Waals surface area contributed by atoms with Gasteiger partial charge in [-0.15, -0.1) is 0 Å². The van der Waals surface area contributed by atoms with E-state index in [4.69, 9.17) is 5.73 Å². The molecular weight excluding hydrogens is 190 g/mol. The van der Waals surface area contributed by atoms with Gasteiger partial charge in [-0.25, -0.2) is 0 Å². The number of carbonyl (C=O) groups is 1. The fourth-order valence-corrected chi connectivity index (χ4v) is 1.36. The maximum absolute atomic E-state index is 11.5. The average Bonchev–Trinajstić information content (AvgIpc) is 2.23. The molecule has 0 rings (SSSR count). The molecule has 4 nitrogen and oxygen atoms in total. The summed E-state index contributed by atoms with van der Waals surface area (Å²) in [6.45, 7) is 7.84. The van der Waals surface area contributed by atoms with E-state index in [0.717, 1.165) is 38.9 Å². The molecule has 0 aromatic carbocycles. The van der Waals surface area contributed by atoms with E-state index in [9.17, 15) is 4.79 Å². The Bertz CT molecular complexity index is 162. The number of hydrogen-bond donors (Lipinski definition) is 2. The Morgan fingerprint density at radius 2 is 2.00 bits per heavy atom. The summed E-state index contributed by atoms with van der Waals surface area (Å²) < 4.78 is 0.